The van der Waals surface area contributed by atoms with Crippen molar-refractivity contribution in [3.8, 4) is 0 Å². The number of hydrogen-bond acceptors (Lipinski definition) is 16. The predicted octanol–water partition coefficient (Wildman–Crippen LogP) is 8.86. The highest BCUT2D eigenvalue weighted by Crippen LogP contribution is 2.22. The van der Waals surface area contributed by atoms with E-state index in [1.165, 1.54) is 0 Å². The summed E-state index contributed by atoms with van der Waals surface area (Å²) in [7, 11) is 0. The maximum atomic E-state index is 11.7. The second kappa shape index (κ2) is 44.1. The normalized spacial score (nSPS) is 11.1. The summed E-state index contributed by atoms with van der Waals surface area (Å²) in [6.45, 7) is 15.3. The van der Waals surface area contributed by atoms with E-state index in [0.717, 1.165) is 0 Å². The molecule has 66 heavy (non-hydrogen) atoms. The Hall–Kier alpha value is -4.80. The first kappa shape index (κ1) is 78.4. The molecule has 0 amide bonds. The van der Waals surface area contributed by atoms with Crippen LogP contribution in [0.2, 0.25) is 0 Å². The lowest BCUT2D eigenvalue weighted by molar-refractivity contribution is -0.164. The average Bonchev–Trinajstić information content (AvgIpc) is 3.22. The van der Waals surface area contributed by atoms with Gasteiger partial charge in [-0.3, -0.25) is 19.2 Å². The van der Waals surface area contributed by atoms with Gasteiger partial charge in [0.25, 0.3) is 0 Å². The van der Waals surface area contributed by atoms with Crippen molar-refractivity contribution in [2.75, 3.05) is 52.9 Å². The van der Waals surface area contributed by atoms with Crippen LogP contribution in [0.25, 0.3) is 0 Å². The second-order valence-electron chi connectivity index (χ2n) is 13.6. The SMILES string of the molecule is C.C.C.C.CCC(C)(C)C(=O)OCCOC(=O)C(F)F.CCC(C)(C)C(=O)OCCOC(=O)C(F)F.CCC(C)C(=O)OCCOC(=O)C(F)F.CCC(C)C(=O)OCCOC(=O)C(F)F. The van der Waals surface area contributed by atoms with Gasteiger partial charge in [0.2, 0.25) is 0 Å². The molecule has 0 aliphatic carbocycles. The van der Waals surface area contributed by atoms with E-state index in [4.69, 9.17) is 9.47 Å². The molecule has 0 aromatic carbocycles. The molecule has 0 bridgehead atoms. The number of alkyl halides is 8. The van der Waals surface area contributed by atoms with E-state index in [-0.39, 0.29) is 94.4 Å². The zero-order chi connectivity index (χ0) is 49.2. The summed E-state index contributed by atoms with van der Waals surface area (Å²) in [5.74, 6) is -8.63. The number of esters is 8. The number of carbonyl (C=O) groups is 8. The maximum absolute atomic E-state index is 11.7. The first-order valence-corrected chi connectivity index (χ1v) is 19.1. The molecule has 0 fully saturated rings. The number of carbonyl (C=O) groups excluding carboxylic acids is 8. The third kappa shape index (κ3) is 41.9. The molecule has 0 rings (SSSR count). The van der Waals surface area contributed by atoms with Crippen LogP contribution in [0.1, 0.15) is 125 Å². The van der Waals surface area contributed by atoms with Crippen LogP contribution >= 0.6 is 0 Å². The zero-order valence-electron chi connectivity index (χ0n) is 36.5. The molecule has 16 nitrogen and oxygen atoms in total. The fraction of sp³-hybridized carbons (Fsp3) is 0.810. The van der Waals surface area contributed by atoms with Crippen molar-refractivity contribution >= 4 is 47.8 Å². The molecule has 0 radical (unpaired) electrons. The van der Waals surface area contributed by atoms with Crippen LogP contribution in [0, 0.1) is 22.7 Å². The number of ether oxygens (including phenoxy) is 8. The van der Waals surface area contributed by atoms with Crippen LogP contribution < -0.4 is 0 Å². The van der Waals surface area contributed by atoms with Crippen molar-refractivity contribution in [2.24, 2.45) is 22.7 Å². The monoisotopic (exact) mass is 989 g/mol. The van der Waals surface area contributed by atoms with Gasteiger partial charge < -0.3 is 37.9 Å². The van der Waals surface area contributed by atoms with Gasteiger partial charge in [-0.1, -0.05) is 71.2 Å². The van der Waals surface area contributed by atoms with E-state index < -0.39 is 84.3 Å². The van der Waals surface area contributed by atoms with E-state index in [9.17, 15) is 73.5 Å². The summed E-state index contributed by atoms with van der Waals surface area (Å²) < 4.78 is 128. The smallest absolute Gasteiger partial charge is 0.373 e. The van der Waals surface area contributed by atoms with Crippen LogP contribution in [0.4, 0.5) is 35.1 Å². The fourth-order valence-electron chi connectivity index (χ4n) is 2.67. The summed E-state index contributed by atoms with van der Waals surface area (Å²) in [5.41, 5.74) is -1.24. The minimum Gasteiger partial charge on any atom is -0.462 e. The minimum absolute atomic E-state index is 0. The number of halogens is 8. The molecule has 0 aliphatic rings. The van der Waals surface area contributed by atoms with E-state index in [2.05, 4.69) is 28.4 Å². The summed E-state index contributed by atoms with van der Waals surface area (Å²) in [5, 5.41) is 0. The summed E-state index contributed by atoms with van der Waals surface area (Å²) in [4.78, 5) is 86.0. The number of rotatable bonds is 24. The molecule has 24 heteroatoms. The van der Waals surface area contributed by atoms with Gasteiger partial charge in [0, 0.05) is 0 Å². The van der Waals surface area contributed by atoms with E-state index in [0.29, 0.717) is 25.7 Å². The Morgan fingerprint density at radius 2 is 0.515 bits per heavy atom. The summed E-state index contributed by atoms with van der Waals surface area (Å²) in [6, 6.07) is 0. The van der Waals surface area contributed by atoms with Crippen LogP contribution in [-0.4, -0.2) is 126 Å². The van der Waals surface area contributed by atoms with E-state index in [1.54, 1.807) is 41.5 Å². The third-order valence-corrected chi connectivity index (χ3v) is 7.88. The molecule has 2 atom stereocenters. The molecular formula is C42H76F8O16. The molecular weight excluding hydrogens is 912 g/mol. The Morgan fingerprint density at radius 3 is 0.667 bits per heavy atom. The lowest BCUT2D eigenvalue weighted by atomic mass is 9.91. The fourth-order valence-corrected chi connectivity index (χ4v) is 2.67. The molecule has 0 aliphatic heterocycles. The topological polar surface area (TPSA) is 210 Å². The van der Waals surface area contributed by atoms with Crippen molar-refractivity contribution in [3.63, 3.8) is 0 Å². The highest BCUT2D eigenvalue weighted by Gasteiger charge is 2.28. The van der Waals surface area contributed by atoms with Gasteiger partial charge in [0.1, 0.15) is 52.9 Å². The highest BCUT2D eigenvalue weighted by atomic mass is 19.3. The van der Waals surface area contributed by atoms with E-state index in [1.807, 2.05) is 27.7 Å². The highest BCUT2D eigenvalue weighted by molar-refractivity contribution is 5.77. The van der Waals surface area contributed by atoms with Crippen LogP contribution in [0.5, 0.6) is 0 Å². The third-order valence-electron chi connectivity index (χ3n) is 7.88. The van der Waals surface area contributed by atoms with Gasteiger partial charge in [0.15, 0.2) is 0 Å². The van der Waals surface area contributed by atoms with E-state index >= 15 is 0 Å². The maximum Gasteiger partial charge on any atom is 0.373 e. The minimum atomic E-state index is -3.15. The standard InChI is InChI=1S/2C10H16F2O4.2C9H14F2O4.4CH4/c2*1-4-10(2,3)9(14)16-6-5-15-8(13)7(11)12;2*1-3-6(2)8(12)14-4-5-15-9(13)7(10)11;;;;/h2*7H,4-6H2,1-3H3;2*6-7H,3-5H2,1-2H3;4*1H4. The Balaban J connectivity index is -0.000000111. The molecule has 0 N–H and O–H groups in total. The lowest BCUT2D eigenvalue weighted by Crippen LogP contribution is -2.27. The first-order chi connectivity index (χ1) is 28.6. The van der Waals surface area contributed by atoms with Crippen LogP contribution in [0.3, 0.4) is 0 Å². The van der Waals surface area contributed by atoms with Gasteiger partial charge in [-0.15, -0.1) is 0 Å². The van der Waals surface area contributed by atoms with Crippen LogP contribution in [0.15, 0.2) is 0 Å². The number of hydrogen-bond donors (Lipinski definition) is 0. The molecule has 2 unspecified atom stereocenters. The summed E-state index contributed by atoms with van der Waals surface area (Å²) in [6.07, 6.45) is -10.1. The Morgan fingerprint density at radius 1 is 0.348 bits per heavy atom. The van der Waals surface area contributed by atoms with Gasteiger partial charge in [-0.05, 0) is 53.4 Å². The quantitative estimate of drug-likeness (QED) is 0.0383. The lowest BCUT2D eigenvalue weighted by Gasteiger charge is -2.20. The Bertz CT molecular complexity index is 1230. The van der Waals surface area contributed by atoms with Gasteiger partial charge in [0.05, 0.1) is 22.7 Å². The van der Waals surface area contributed by atoms with Crippen molar-refractivity contribution in [3.05, 3.63) is 0 Å². The van der Waals surface area contributed by atoms with Gasteiger partial charge >= 0.3 is 73.5 Å². The van der Waals surface area contributed by atoms with Crippen molar-refractivity contribution in [2.45, 2.75) is 150 Å². The molecule has 0 saturated carbocycles. The van der Waals surface area contributed by atoms with Crippen molar-refractivity contribution in [1.29, 1.82) is 0 Å². The average molecular weight is 989 g/mol. The van der Waals surface area contributed by atoms with Crippen LogP contribution in [-0.2, 0) is 76.3 Å². The first-order valence-electron chi connectivity index (χ1n) is 19.1. The second-order valence-corrected chi connectivity index (χ2v) is 13.6. The van der Waals surface area contributed by atoms with Gasteiger partial charge in [-0.25, -0.2) is 19.2 Å². The van der Waals surface area contributed by atoms with Gasteiger partial charge in [-0.2, -0.15) is 35.1 Å². The molecule has 396 valence electrons. The molecule has 0 aromatic rings. The van der Waals surface area contributed by atoms with Crippen molar-refractivity contribution in [1.82, 2.24) is 0 Å². The molecule has 0 saturated heterocycles. The largest absolute Gasteiger partial charge is 0.462 e. The molecule has 0 spiro atoms. The summed E-state index contributed by atoms with van der Waals surface area (Å²) >= 11 is 0. The predicted molar refractivity (Wildman–Crippen MR) is 226 cm³/mol. The Kier molecular flexibility index (Phi) is 52.3. The van der Waals surface area contributed by atoms with Crippen molar-refractivity contribution < 1.29 is 111 Å². The molecule has 0 aromatic heterocycles. The molecule has 0 heterocycles. The zero-order valence-corrected chi connectivity index (χ0v) is 36.5. The Labute approximate surface area is 384 Å².